The van der Waals surface area contributed by atoms with Gasteiger partial charge in [-0.3, -0.25) is 0 Å². The predicted octanol–water partition coefficient (Wildman–Crippen LogP) is 2.26. The Morgan fingerprint density at radius 3 is 2.50 bits per heavy atom. The average Bonchev–Trinajstić information content (AvgIpc) is 1.97. The van der Waals surface area contributed by atoms with Crippen molar-refractivity contribution in [3.63, 3.8) is 0 Å². The van der Waals surface area contributed by atoms with Crippen LogP contribution in [-0.4, -0.2) is 6.29 Å². The summed E-state index contributed by atoms with van der Waals surface area (Å²) in [7, 11) is 0. The molecule has 0 atom stereocenters. The van der Waals surface area contributed by atoms with E-state index >= 15 is 0 Å². The summed E-state index contributed by atoms with van der Waals surface area (Å²) in [6.45, 7) is 3.52. The summed E-state index contributed by atoms with van der Waals surface area (Å²) in [5.41, 5.74) is 0. The Morgan fingerprint density at radius 2 is 1.90 bits per heavy atom. The number of carbonyl (C=O) groups is 1. The molecular formula is C9H12O. The van der Waals surface area contributed by atoms with Gasteiger partial charge in [-0.05, 0) is 6.42 Å². The smallest absolute Gasteiger partial charge is 0.120 e. The molecule has 0 saturated carbocycles. The maximum Gasteiger partial charge on any atom is 0.120 e. The van der Waals surface area contributed by atoms with Crippen molar-refractivity contribution in [3.8, 4) is 0 Å². The van der Waals surface area contributed by atoms with Crippen LogP contribution in [0.1, 0.15) is 12.8 Å². The van der Waals surface area contributed by atoms with E-state index in [0.717, 1.165) is 12.7 Å². The largest absolute Gasteiger partial charge is 0.303 e. The number of allylic oxidation sites excluding steroid dienone is 5. The molecule has 1 heteroatoms. The average molecular weight is 136 g/mol. The maximum absolute atomic E-state index is 9.83. The van der Waals surface area contributed by atoms with Crippen LogP contribution in [0.25, 0.3) is 0 Å². The van der Waals surface area contributed by atoms with Crippen LogP contribution in [0.3, 0.4) is 0 Å². The van der Waals surface area contributed by atoms with Crippen molar-refractivity contribution in [2.45, 2.75) is 12.8 Å². The Hall–Kier alpha value is -1.11. The van der Waals surface area contributed by atoms with E-state index in [0.29, 0.717) is 6.42 Å². The van der Waals surface area contributed by atoms with Crippen LogP contribution in [0.15, 0.2) is 37.0 Å². The van der Waals surface area contributed by atoms with Crippen molar-refractivity contribution in [2.75, 3.05) is 0 Å². The van der Waals surface area contributed by atoms with Crippen molar-refractivity contribution >= 4 is 6.29 Å². The number of aldehydes is 1. The summed E-state index contributed by atoms with van der Waals surface area (Å²) < 4.78 is 0. The Kier molecular flexibility index (Phi) is 7.01. The van der Waals surface area contributed by atoms with Crippen LogP contribution in [-0.2, 0) is 4.79 Å². The normalized spacial score (nSPS) is 10.8. The lowest BCUT2D eigenvalue weighted by atomic mass is 10.3. The van der Waals surface area contributed by atoms with Crippen LogP contribution < -0.4 is 0 Å². The van der Waals surface area contributed by atoms with Gasteiger partial charge in [0.05, 0.1) is 0 Å². The van der Waals surface area contributed by atoms with Crippen molar-refractivity contribution in [1.29, 1.82) is 0 Å². The fourth-order valence-electron chi connectivity index (χ4n) is 0.482. The van der Waals surface area contributed by atoms with Gasteiger partial charge in [-0.2, -0.15) is 0 Å². The van der Waals surface area contributed by atoms with Gasteiger partial charge in [-0.1, -0.05) is 37.0 Å². The van der Waals surface area contributed by atoms with Crippen molar-refractivity contribution in [1.82, 2.24) is 0 Å². The van der Waals surface area contributed by atoms with E-state index in [-0.39, 0.29) is 0 Å². The molecule has 0 aromatic rings. The summed E-state index contributed by atoms with van der Waals surface area (Å²) in [5.74, 6) is 0. The molecule has 0 aromatic carbocycles. The summed E-state index contributed by atoms with van der Waals surface area (Å²) in [6, 6.07) is 0. The lowest BCUT2D eigenvalue weighted by molar-refractivity contribution is -0.107. The van der Waals surface area contributed by atoms with Crippen LogP contribution in [0.2, 0.25) is 0 Å². The van der Waals surface area contributed by atoms with Crippen molar-refractivity contribution < 1.29 is 4.79 Å². The molecule has 10 heavy (non-hydrogen) atoms. The lowest BCUT2D eigenvalue weighted by Crippen LogP contribution is -1.68. The highest BCUT2D eigenvalue weighted by Gasteiger charge is 1.73. The molecule has 0 aliphatic rings. The molecule has 0 spiro atoms. The molecular weight excluding hydrogens is 124 g/mol. The second-order valence-electron chi connectivity index (χ2n) is 1.79. The van der Waals surface area contributed by atoms with Gasteiger partial charge in [0.25, 0.3) is 0 Å². The number of hydrogen-bond acceptors (Lipinski definition) is 1. The summed E-state index contributed by atoms with van der Waals surface area (Å²) in [5, 5.41) is 0. The van der Waals surface area contributed by atoms with Gasteiger partial charge in [0.1, 0.15) is 6.29 Å². The minimum atomic E-state index is 0.610. The molecule has 0 amide bonds. The summed E-state index contributed by atoms with van der Waals surface area (Å²) in [4.78, 5) is 9.83. The first-order valence-corrected chi connectivity index (χ1v) is 3.29. The van der Waals surface area contributed by atoms with E-state index in [1.54, 1.807) is 6.08 Å². The van der Waals surface area contributed by atoms with Gasteiger partial charge >= 0.3 is 0 Å². The third-order valence-corrected chi connectivity index (χ3v) is 0.946. The highest BCUT2D eigenvalue weighted by molar-refractivity contribution is 5.49. The van der Waals surface area contributed by atoms with Crippen LogP contribution >= 0.6 is 0 Å². The first-order chi connectivity index (χ1) is 4.91. The highest BCUT2D eigenvalue weighted by Crippen LogP contribution is 1.87. The first-order valence-electron chi connectivity index (χ1n) is 3.29. The monoisotopic (exact) mass is 136 g/mol. The maximum atomic E-state index is 9.83. The Balaban J connectivity index is 3.27. The molecule has 0 fully saturated rings. The van der Waals surface area contributed by atoms with E-state index in [4.69, 9.17) is 0 Å². The molecule has 0 aliphatic carbocycles. The minimum Gasteiger partial charge on any atom is -0.303 e. The fourth-order valence-corrected chi connectivity index (χ4v) is 0.482. The third kappa shape index (κ3) is 6.89. The molecule has 0 aromatic heterocycles. The number of rotatable bonds is 5. The highest BCUT2D eigenvalue weighted by atomic mass is 16.1. The minimum absolute atomic E-state index is 0.610. The number of hydrogen-bond donors (Lipinski definition) is 0. The second-order valence-corrected chi connectivity index (χ2v) is 1.79. The molecule has 0 radical (unpaired) electrons. The third-order valence-electron chi connectivity index (χ3n) is 0.946. The van der Waals surface area contributed by atoms with Gasteiger partial charge in [0, 0.05) is 6.42 Å². The van der Waals surface area contributed by atoms with Crippen molar-refractivity contribution in [3.05, 3.63) is 37.0 Å². The molecule has 1 nitrogen and oxygen atoms in total. The van der Waals surface area contributed by atoms with E-state index in [1.165, 1.54) is 0 Å². The Labute approximate surface area is 61.8 Å². The summed E-state index contributed by atoms with van der Waals surface area (Å²) >= 11 is 0. The molecule has 54 valence electrons. The van der Waals surface area contributed by atoms with E-state index < -0.39 is 0 Å². The topological polar surface area (TPSA) is 17.1 Å². The summed E-state index contributed by atoms with van der Waals surface area (Å²) in [6.07, 6.45) is 11.7. The van der Waals surface area contributed by atoms with Crippen LogP contribution in [0.4, 0.5) is 0 Å². The van der Waals surface area contributed by atoms with E-state index in [2.05, 4.69) is 6.58 Å². The van der Waals surface area contributed by atoms with Gasteiger partial charge in [-0.15, -0.1) is 0 Å². The zero-order valence-electron chi connectivity index (χ0n) is 5.99. The molecule has 0 bridgehead atoms. The zero-order valence-corrected chi connectivity index (χ0v) is 5.99. The number of unbranched alkanes of at least 4 members (excludes halogenated alkanes) is 1. The van der Waals surface area contributed by atoms with Crippen molar-refractivity contribution in [2.24, 2.45) is 0 Å². The molecule has 0 heterocycles. The SMILES string of the molecule is C=C/C=C\C=C/CCC=O. The molecule has 0 saturated heterocycles. The van der Waals surface area contributed by atoms with Crippen LogP contribution in [0, 0.1) is 0 Å². The quantitative estimate of drug-likeness (QED) is 0.322. The fraction of sp³-hybridized carbons (Fsp3) is 0.222. The lowest BCUT2D eigenvalue weighted by Gasteiger charge is -1.78. The molecule has 0 N–H and O–H groups in total. The second kappa shape index (κ2) is 7.89. The Morgan fingerprint density at radius 1 is 1.10 bits per heavy atom. The standard InChI is InChI=1S/C9H12O/c1-2-3-4-5-6-7-8-9-10/h2-6,9H,1,7-8H2/b4-3-,6-5-. The molecule has 0 aliphatic heterocycles. The van der Waals surface area contributed by atoms with Crippen LogP contribution in [0.5, 0.6) is 0 Å². The van der Waals surface area contributed by atoms with Gasteiger partial charge in [0.15, 0.2) is 0 Å². The first kappa shape index (κ1) is 8.89. The zero-order chi connectivity index (χ0) is 7.66. The van der Waals surface area contributed by atoms with E-state index in [9.17, 15) is 4.79 Å². The van der Waals surface area contributed by atoms with Gasteiger partial charge < -0.3 is 4.79 Å². The van der Waals surface area contributed by atoms with Gasteiger partial charge in [0.2, 0.25) is 0 Å². The van der Waals surface area contributed by atoms with E-state index in [1.807, 2.05) is 24.3 Å². The van der Waals surface area contributed by atoms with Gasteiger partial charge in [-0.25, -0.2) is 0 Å². The predicted molar refractivity (Wildman–Crippen MR) is 43.8 cm³/mol. The Bertz CT molecular complexity index is 143. The molecule has 0 unspecified atom stereocenters. The molecule has 0 rings (SSSR count). The number of carbonyl (C=O) groups excluding carboxylic acids is 1.